The van der Waals surface area contributed by atoms with Gasteiger partial charge in [0.25, 0.3) is 0 Å². The first-order valence-corrected chi connectivity index (χ1v) is 8.11. The molecule has 3 nitrogen and oxygen atoms in total. The number of pyridine rings is 1. The summed E-state index contributed by atoms with van der Waals surface area (Å²) in [6.45, 7) is 4.30. The van der Waals surface area contributed by atoms with Crippen LogP contribution in [0.25, 0.3) is 0 Å². The number of nitrogens with zero attached hydrogens (tertiary/aromatic N) is 2. The highest BCUT2D eigenvalue weighted by molar-refractivity contribution is 9.10. The second kappa shape index (κ2) is 9.08. The van der Waals surface area contributed by atoms with Gasteiger partial charge in [-0.15, -0.1) is 36.2 Å². The van der Waals surface area contributed by atoms with E-state index in [-0.39, 0.29) is 24.8 Å². The van der Waals surface area contributed by atoms with E-state index >= 15 is 0 Å². The summed E-state index contributed by atoms with van der Waals surface area (Å²) in [7, 11) is 0. The van der Waals surface area contributed by atoms with E-state index in [0.717, 1.165) is 30.8 Å². The molecular weight excluding hydrogens is 393 g/mol. The zero-order chi connectivity index (χ0) is 13.1. The zero-order valence-corrected chi connectivity index (χ0v) is 15.4. The summed E-state index contributed by atoms with van der Waals surface area (Å²) in [5, 5.41) is 5.57. The summed E-state index contributed by atoms with van der Waals surface area (Å²) in [6.07, 6.45) is 1.88. The van der Waals surface area contributed by atoms with Crippen molar-refractivity contribution in [2.24, 2.45) is 0 Å². The third-order valence-corrected chi connectivity index (χ3v) is 4.75. The van der Waals surface area contributed by atoms with Crippen LogP contribution in [0, 0.1) is 0 Å². The quantitative estimate of drug-likeness (QED) is 0.781. The summed E-state index contributed by atoms with van der Waals surface area (Å²) in [5.41, 5.74) is 1.31. The van der Waals surface area contributed by atoms with Crippen molar-refractivity contribution >= 4 is 52.1 Å². The Labute approximate surface area is 150 Å². The van der Waals surface area contributed by atoms with Crippen LogP contribution in [0.3, 0.4) is 0 Å². The minimum atomic E-state index is 0. The van der Waals surface area contributed by atoms with Gasteiger partial charge in [-0.2, -0.15) is 0 Å². The van der Waals surface area contributed by atoms with E-state index in [1.165, 1.54) is 10.4 Å². The maximum absolute atomic E-state index is 4.24. The van der Waals surface area contributed by atoms with E-state index in [2.05, 4.69) is 60.8 Å². The normalized spacial score (nSPS) is 16.6. The Balaban J connectivity index is 0.00000110. The summed E-state index contributed by atoms with van der Waals surface area (Å²) >= 11 is 5.31. The molecule has 0 unspecified atom stereocenters. The third-order valence-electron chi connectivity index (χ3n) is 3.40. The molecular formula is C14H18BrCl2N3S. The van der Waals surface area contributed by atoms with Crippen LogP contribution in [-0.4, -0.2) is 36.1 Å². The van der Waals surface area contributed by atoms with Gasteiger partial charge in [-0.25, -0.2) is 4.98 Å². The molecule has 1 saturated heterocycles. The van der Waals surface area contributed by atoms with Gasteiger partial charge in [0.05, 0.1) is 6.04 Å². The number of rotatable bonds is 3. The van der Waals surface area contributed by atoms with E-state index in [4.69, 9.17) is 0 Å². The average Bonchev–Trinajstić information content (AvgIpc) is 2.94. The van der Waals surface area contributed by atoms with Crippen LogP contribution in [0.1, 0.15) is 16.5 Å². The van der Waals surface area contributed by atoms with Crippen molar-refractivity contribution in [3.63, 3.8) is 0 Å². The van der Waals surface area contributed by atoms with Crippen LogP contribution in [0.5, 0.6) is 0 Å². The Hall–Kier alpha value is -0.170. The molecule has 0 amide bonds. The van der Waals surface area contributed by atoms with Gasteiger partial charge in [-0.05, 0) is 45.1 Å². The SMILES string of the molecule is Brc1cc([C@H](c2cccs2)N2CCNCC2)ccn1.Cl.Cl. The first-order valence-electron chi connectivity index (χ1n) is 6.44. The van der Waals surface area contributed by atoms with Gasteiger partial charge in [0.1, 0.15) is 4.60 Å². The third kappa shape index (κ3) is 4.65. The molecule has 1 atom stereocenters. The average molecular weight is 411 g/mol. The minimum Gasteiger partial charge on any atom is -0.314 e. The summed E-state index contributed by atoms with van der Waals surface area (Å²) in [5.74, 6) is 0. The van der Waals surface area contributed by atoms with Crippen molar-refractivity contribution < 1.29 is 0 Å². The largest absolute Gasteiger partial charge is 0.314 e. The van der Waals surface area contributed by atoms with Gasteiger partial charge in [0.15, 0.2) is 0 Å². The maximum atomic E-state index is 4.24. The van der Waals surface area contributed by atoms with Crippen LogP contribution in [0.2, 0.25) is 0 Å². The van der Waals surface area contributed by atoms with E-state index in [0.29, 0.717) is 6.04 Å². The van der Waals surface area contributed by atoms with Crippen LogP contribution in [-0.2, 0) is 0 Å². The fourth-order valence-corrected chi connectivity index (χ4v) is 3.80. The topological polar surface area (TPSA) is 28.2 Å². The zero-order valence-electron chi connectivity index (χ0n) is 11.4. The standard InChI is InChI=1S/C14H16BrN3S.2ClH/c15-13-10-11(3-4-17-13)14(12-2-1-9-19-12)18-7-5-16-6-8-18;;/h1-4,9-10,14,16H,5-8H2;2*1H/t14-;;/m1../s1. The first kappa shape index (κ1) is 18.9. The molecule has 21 heavy (non-hydrogen) atoms. The molecule has 1 aliphatic heterocycles. The molecule has 0 radical (unpaired) electrons. The highest BCUT2D eigenvalue weighted by atomic mass is 79.9. The van der Waals surface area contributed by atoms with Crippen LogP contribution in [0.4, 0.5) is 0 Å². The number of halogens is 3. The van der Waals surface area contributed by atoms with E-state index in [1.54, 1.807) is 0 Å². The Morgan fingerprint density at radius 2 is 2.00 bits per heavy atom. The van der Waals surface area contributed by atoms with Crippen molar-refractivity contribution in [1.29, 1.82) is 0 Å². The molecule has 0 spiro atoms. The number of nitrogens with one attached hydrogen (secondary N) is 1. The maximum Gasteiger partial charge on any atom is 0.106 e. The first-order chi connectivity index (χ1) is 9.34. The van der Waals surface area contributed by atoms with E-state index < -0.39 is 0 Å². The molecule has 0 aromatic carbocycles. The molecule has 3 rings (SSSR count). The molecule has 2 aromatic heterocycles. The van der Waals surface area contributed by atoms with Gasteiger partial charge >= 0.3 is 0 Å². The lowest BCUT2D eigenvalue weighted by Crippen LogP contribution is -2.45. The van der Waals surface area contributed by atoms with Crippen LogP contribution >= 0.6 is 52.1 Å². The number of hydrogen-bond acceptors (Lipinski definition) is 4. The predicted molar refractivity (Wildman–Crippen MR) is 97.0 cm³/mol. The monoisotopic (exact) mass is 409 g/mol. The van der Waals surface area contributed by atoms with Gasteiger partial charge in [0, 0.05) is 37.3 Å². The molecule has 0 aliphatic carbocycles. The highest BCUT2D eigenvalue weighted by Crippen LogP contribution is 2.32. The second-order valence-corrected chi connectivity index (χ2v) is 6.41. The molecule has 3 heterocycles. The molecule has 0 saturated carbocycles. The lowest BCUT2D eigenvalue weighted by Gasteiger charge is -2.34. The van der Waals surface area contributed by atoms with E-state index in [1.807, 2.05) is 17.5 Å². The van der Waals surface area contributed by atoms with Crippen LogP contribution < -0.4 is 5.32 Å². The highest BCUT2D eigenvalue weighted by Gasteiger charge is 2.24. The molecule has 7 heteroatoms. The van der Waals surface area contributed by atoms with Crippen LogP contribution in [0.15, 0.2) is 40.4 Å². The lowest BCUT2D eigenvalue weighted by molar-refractivity contribution is 0.200. The second-order valence-electron chi connectivity index (χ2n) is 4.62. The Morgan fingerprint density at radius 3 is 2.62 bits per heavy atom. The number of hydrogen-bond donors (Lipinski definition) is 1. The number of thiophene rings is 1. The summed E-state index contributed by atoms with van der Waals surface area (Å²) in [6, 6.07) is 8.96. The van der Waals surface area contributed by atoms with Crippen molar-refractivity contribution in [3.05, 3.63) is 50.9 Å². The smallest absolute Gasteiger partial charge is 0.106 e. The van der Waals surface area contributed by atoms with Crippen molar-refractivity contribution in [3.8, 4) is 0 Å². The van der Waals surface area contributed by atoms with E-state index in [9.17, 15) is 0 Å². The van der Waals surface area contributed by atoms with Gasteiger partial charge in [-0.1, -0.05) is 6.07 Å². The van der Waals surface area contributed by atoms with Gasteiger partial charge in [0.2, 0.25) is 0 Å². The number of piperazine rings is 1. The Bertz CT molecular complexity index is 533. The van der Waals surface area contributed by atoms with Crippen molar-refractivity contribution in [2.45, 2.75) is 6.04 Å². The molecule has 2 aromatic rings. The fourth-order valence-electron chi connectivity index (χ4n) is 2.53. The Morgan fingerprint density at radius 1 is 1.24 bits per heavy atom. The summed E-state index contributed by atoms with van der Waals surface area (Å²) < 4.78 is 0.904. The van der Waals surface area contributed by atoms with Gasteiger partial charge in [-0.3, -0.25) is 4.90 Å². The molecule has 1 fully saturated rings. The molecule has 1 N–H and O–H groups in total. The lowest BCUT2D eigenvalue weighted by atomic mass is 10.0. The van der Waals surface area contributed by atoms with Crippen molar-refractivity contribution in [1.82, 2.24) is 15.2 Å². The fraction of sp³-hybridized carbons (Fsp3) is 0.357. The molecule has 116 valence electrons. The summed E-state index contributed by atoms with van der Waals surface area (Å²) in [4.78, 5) is 8.19. The van der Waals surface area contributed by atoms with Gasteiger partial charge < -0.3 is 5.32 Å². The minimum absolute atomic E-state index is 0. The Kier molecular flexibility index (Phi) is 8.16. The molecule has 0 bridgehead atoms. The predicted octanol–water partition coefficient (Wildman–Crippen LogP) is 3.74. The molecule has 1 aliphatic rings. The van der Waals surface area contributed by atoms with Crippen molar-refractivity contribution in [2.75, 3.05) is 26.2 Å². The number of aromatic nitrogens is 1.